The summed E-state index contributed by atoms with van der Waals surface area (Å²) in [7, 11) is 0. The molecule has 2 rings (SSSR count). The van der Waals surface area contributed by atoms with Crippen LogP contribution in [-0.2, 0) is 17.4 Å². The third-order valence-corrected chi connectivity index (χ3v) is 2.83. The number of aromatic nitrogens is 2. The molecule has 0 unspecified atom stereocenters. The summed E-state index contributed by atoms with van der Waals surface area (Å²) in [6.45, 7) is 0. The second kappa shape index (κ2) is 6.43. The summed E-state index contributed by atoms with van der Waals surface area (Å²) in [5, 5.41) is 3.29. The average Bonchev–Trinajstić information content (AvgIpc) is 2.96. The van der Waals surface area contributed by atoms with E-state index in [1.54, 1.807) is 12.1 Å². The normalized spacial score (nSPS) is 11.2. The molecule has 22 heavy (non-hydrogen) atoms. The van der Waals surface area contributed by atoms with Crippen molar-refractivity contribution in [2.45, 2.75) is 25.4 Å². The maximum Gasteiger partial charge on any atom is 0.471 e. The van der Waals surface area contributed by atoms with Crippen LogP contribution in [0.1, 0.15) is 24.3 Å². The summed E-state index contributed by atoms with van der Waals surface area (Å²) in [6.07, 6.45) is 1.33. The molecule has 7 heteroatoms. The summed E-state index contributed by atoms with van der Waals surface area (Å²) < 4.78 is 41.3. The van der Waals surface area contributed by atoms with Gasteiger partial charge in [-0.05, 0) is 5.56 Å². The van der Waals surface area contributed by atoms with Gasteiger partial charge in [-0.3, -0.25) is 4.79 Å². The molecule has 1 aromatic carbocycles. The van der Waals surface area contributed by atoms with Crippen molar-refractivity contribution >= 4 is 5.78 Å². The highest BCUT2D eigenvalue weighted by molar-refractivity contribution is 5.81. The molecule has 2 aromatic rings. The molecule has 0 fully saturated rings. The van der Waals surface area contributed by atoms with Gasteiger partial charge in [0, 0.05) is 24.8 Å². The molecule has 4 nitrogen and oxygen atoms in total. The second-order valence-electron chi connectivity index (χ2n) is 4.54. The van der Waals surface area contributed by atoms with Gasteiger partial charge in [0.1, 0.15) is 5.78 Å². The number of carbonyl (C=O) groups is 1. The molecule has 0 saturated heterocycles. The van der Waals surface area contributed by atoms with Gasteiger partial charge in [0.2, 0.25) is 5.82 Å². The molecule has 0 aliphatic rings. The molecule has 0 aliphatic heterocycles. The Bertz CT molecular complexity index is 697. The molecule has 0 bridgehead atoms. The van der Waals surface area contributed by atoms with Gasteiger partial charge in [0.25, 0.3) is 0 Å². The number of Topliss-reactive ketones (excluding diaryl/α,β-unsaturated/α-hetero) is 1. The molecular formula is C15H11F3N2O2. The van der Waals surface area contributed by atoms with Crippen LogP contribution in [0.2, 0.25) is 0 Å². The molecule has 0 aliphatic carbocycles. The third-order valence-electron chi connectivity index (χ3n) is 2.83. The minimum Gasteiger partial charge on any atom is -0.329 e. The van der Waals surface area contributed by atoms with E-state index in [9.17, 15) is 18.0 Å². The predicted molar refractivity (Wildman–Crippen MR) is 71.5 cm³/mol. The Hall–Kier alpha value is -2.62. The van der Waals surface area contributed by atoms with Crippen LogP contribution in [0.25, 0.3) is 11.4 Å². The van der Waals surface area contributed by atoms with Crippen molar-refractivity contribution in [2.75, 3.05) is 0 Å². The number of hydrogen-bond acceptors (Lipinski definition) is 4. The monoisotopic (exact) mass is 308 g/mol. The van der Waals surface area contributed by atoms with Gasteiger partial charge < -0.3 is 4.52 Å². The fourth-order valence-corrected chi connectivity index (χ4v) is 1.76. The maximum absolute atomic E-state index is 12.4. The van der Waals surface area contributed by atoms with Crippen molar-refractivity contribution in [1.82, 2.24) is 10.1 Å². The van der Waals surface area contributed by atoms with E-state index in [0.717, 1.165) is 5.56 Å². The molecule has 0 N–H and O–H groups in total. The lowest BCUT2D eigenvalue weighted by atomic mass is 10.0. The van der Waals surface area contributed by atoms with Crippen molar-refractivity contribution < 1.29 is 22.5 Å². The lowest BCUT2D eigenvalue weighted by Crippen LogP contribution is -2.04. The lowest BCUT2D eigenvalue weighted by molar-refractivity contribution is -0.159. The first kappa shape index (κ1) is 15.8. The number of benzene rings is 1. The van der Waals surface area contributed by atoms with Crippen LogP contribution in [-0.4, -0.2) is 15.9 Å². The Labute approximate surface area is 124 Å². The van der Waals surface area contributed by atoms with Gasteiger partial charge in [0.15, 0.2) is 0 Å². The first-order valence-electron chi connectivity index (χ1n) is 6.35. The Balaban J connectivity index is 2.07. The van der Waals surface area contributed by atoms with Gasteiger partial charge in [-0.1, -0.05) is 29.4 Å². The molecule has 0 amide bonds. The fraction of sp³-hybridized carbons (Fsp3) is 0.267. The van der Waals surface area contributed by atoms with Crippen LogP contribution in [0.3, 0.4) is 0 Å². The molecule has 1 aromatic heterocycles. The number of ketones is 1. The second-order valence-corrected chi connectivity index (χ2v) is 4.54. The van der Waals surface area contributed by atoms with E-state index >= 15 is 0 Å². The van der Waals surface area contributed by atoms with Crippen molar-refractivity contribution in [3.8, 4) is 23.7 Å². The number of rotatable bonds is 5. The summed E-state index contributed by atoms with van der Waals surface area (Å²) in [6, 6.07) is 6.34. The molecule has 1 heterocycles. The minimum atomic E-state index is -4.67. The number of alkyl halides is 3. The number of nitrogens with zero attached hydrogens (tertiary/aromatic N) is 2. The molecule has 0 spiro atoms. The Morgan fingerprint density at radius 2 is 1.95 bits per heavy atom. The maximum atomic E-state index is 12.4. The van der Waals surface area contributed by atoms with E-state index in [1.807, 2.05) is 0 Å². The number of terminal acetylenes is 1. The molecule has 0 radical (unpaired) electrons. The van der Waals surface area contributed by atoms with Gasteiger partial charge in [0.05, 0.1) is 0 Å². The third kappa shape index (κ3) is 3.95. The van der Waals surface area contributed by atoms with E-state index in [2.05, 4.69) is 20.6 Å². The zero-order chi connectivity index (χ0) is 16.2. The van der Waals surface area contributed by atoms with E-state index in [0.29, 0.717) is 18.4 Å². The van der Waals surface area contributed by atoms with Crippen LogP contribution in [0.4, 0.5) is 13.2 Å². The minimum absolute atomic E-state index is 0.00428. The number of halogens is 3. The van der Waals surface area contributed by atoms with Crippen LogP contribution < -0.4 is 0 Å². The van der Waals surface area contributed by atoms with E-state index < -0.39 is 12.1 Å². The highest BCUT2D eigenvalue weighted by atomic mass is 19.4. The van der Waals surface area contributed by atoms with E-state index in [4.69, 9.17) is 6.42 Å². The Morgan fingerprint density at radius 1 is 1.27 bits per heavy atom. The molecule has 114 valence electrons. The quantitative estimate of drug-likeness (QED) is 0.795. The average molecular weight is 308 g/mol. The van der Waals surface area contributed by atoms with Crippen LogP contribution >= 0.6 is 0 Å². The lowest BCUT2D eigenvalue weighted by Gasteiger charge is -2.01. The van der Waals surface area contributed by atoms with Gasteiger partial charge in [-0.25, -0.2) is 0 Å². The van der Waals surface area contributed by atoms with Gasteiger partial charge in [-0.15, -0.1) is 12.3 Å². The molecule has 0 saturated carbocycles. The molecular weight excluding hydrogens is 297 g/mol. The first-order valence-corrected chi connectivity index (χ1v) is 6.35. The zero-order valence-corrected chi connectivity index (χ0v) is 11.4. The van der Waals surface area contributed by atoms with E-state index in [1.165, 1.54) is 12.1 Å². The van der Waals surface area contributed by atoms with Crippen LogP contribution in [0.15, 0.2) is 28.8 Å². The smallest absolute Gasteiger partial charge is 0.329 e. The van der Waals surface area contributed by atoms with Crippen molar-refractivity contribution in [3.63, 3.8) is 0 Å². The summed E-state index contributed by atoms with van der Waals surface area (Å²) in [5.74, 6) is 0.846. The van der Waals surface area contributed by atoms with E-state index in [-0.39, 0.29) is 18.0 Å². The number of hydrogen-bond donors (Lipinski definition) is 0. The van der Waals surface area contributed by atoms with Crippen molar-refractivity contribution in [3.05, 3.63) is 35.7 Å². The fourth-order valence-electron chi connectivity index (χ4n) is 1.76. The SMILES string of the molecule is C#CCCC(=O)Cc1ccc(-c2noc(C(F)(F)F)n2)cc1. The van der Waals surface area contributed by atoms with Crippen LogP contribution in [0.5, 0.6) is 0 Å². The number of carbonyl (C=O) groups excluding carboxylic acids is 1. The molecule has 0 atom stereocenters. The highest BCUT2D eigenvalue weighted by Crippen LogP contribution is 2.29. The van der Waals surface area contributed by atoms with Gasteiger partial charge in [-0.2, -0.15) is 18.2 Å². The van der Waals surface area contributed by atoms with Crippen LogP contribution in [0, 0.1) is 12.3 Å². The Kier molecular flexibility index (Phi) is 4.61. The highest BCUT2D eigenvalue weighted by Gasteiger charge is 2.38. The topological polar surface area (TPSA) is 56.0 Å². The summed E-state index contributed by atoms with van der Waals surface area (Å²) in [5.41, 5.74) is 1.12. The summed E-state index contributed by atoms with van der Waals surface area (Å²) >= 11 is 0. The van der Waals surface area contributed by atoms with Gasteiger partial charge >= 0.3 is 12.1 Å². The summed E-state index contributed by atoms with van der Waals surface area (Å²) in [4.78, 5) is 14.9. The zero-order valence-electron chi connectivity index (χ0n) is 11.4. The standard InChI is InChI=1S/C15H11F3N2O2/c1-2-3-4-12(21)9-10-5-7-11(8-6-10)13-19-14(22-20-13)15(16,17)18/h1,5-8H,3-4,9H2. The largest absolute Gasteiger partial charge is 0.471 e. The van der Waals surface area contributed by atoms with Crippen molar-refractivity contribution in [1.29, 1.82) is 0 Å². The Morgan fingerprint density at radius 3 is 2.50 bits per heavy atom. The van der Waals surface area contributed by atoms with Crippen molar-refractivity contribution in [2.24, 2.45) is 0 Å². The predicted octanol–water partition coefficient (Wildman–Crippen LogP) is 3.28. The first-order chi connectivity index (χ1) is 10.4.